The molecule has 0 bridgehead atoms. The first kappa shape index (κ1) is 45.3. The normalized spacial score (nSPS) is 12.2. The van der Waals surface area contributed by atoms with Gasteiger partial charge in [-0.05, 0) is 0 Å². The summed E-state index contributed by atoms with van der Waals surface area (Å²) in [5.41, 5.74) is 0.821. The number of unbranched alkanes of at least 4 members (excludes halogenated alkanes) is 6. The third-order valence-corrected chi connectivity index (χ3v) is 41.8. The van der Waals surface area contributed by atoms with Crippen LogP contribution in [0.2, 0.25) is 26.6 Å². The molecule has 0 saturated heterocycles. The Kier molecular flexibility index (Phi) is 22.4. The fourth-order valence-electron chi connectivity index (χ4n) is 7.37. The van der Waals surface area contributed by atoms with Gasteiger partial charge in [-0.25, -0.2) is 0 Å². The van der Waals surface area contributed by atoms with Gasteiger partial charge in [0, 0.05) is 0 Å². The molecule has 0 aliphatic rings. The Bertz CT molecular complexity index is 1330. The Hall–Kier alpha value is -1.88. The molecule has 2 rings (SSSR count). The van der Waals surface area contributed by atoms with Crippen molar-refractivity contribution in [2.45, 2.75) is 158 Å². The maximum absolute atomic E-state index is 13.3. The van der Waals surface area contributed by atoms with Crippen molar-refractivity contribution in [3.63, 3.8) is 0 Å². The van der Waals surface area contributed by atoms with Crippen LogP contribution in [0.15, 0.2) is 53.7 Å². The Morgan fingerprint density at radius 1 is 0.549 bits per heavy atom. The average molecular weight is 919 g/mol. The summed E-state index contributed by atoms with van der Waals surface area (Å²) in [4.78, 5) is 39.3. The van der Waals surface area contributed by atoms with Gasteiger partial charge in [-0.3, -0.25) is 0 Å². The molecule has 2 aromatic rings. The molecule has 9 heteroatoms. The van der Waals surface area contributed by atoms with E-state index < -0.39 is 54.7 Å². The first-order chi connectivity index (χ1) is 24.7. The zero-order valence-corrected chi connectivity index (χ0v) is 38.4. The van der Waals surface area contributed by atoms with Crippen molar-refractivity contribution in [1.82, 2.24) is 0 Å². The van der Waals surface area contributed by atoms with Crippen LogP contribution >= 0.6 is 0 Å². The SMILES string of the molecule is CCC[CH2][Sn]([CH2]CCC)([CH2]CCC)[c]1cccc(C(=O)OC(=O)CC/C(=N/O)OC(=O)c2ccc[c]([Sn]([CH2]CCC)([CH2]CCC)[CH2]CCC)c2)c1. The second-order valence-corrected chi connectivity index (χ2v) is 41.0. The van der Waals surface area contributed by atoms with Crippen LogP contribution in [0.5, 0.6) is 0 Å². The summed E-state index contributed by atoms with van der Waals surface area (Å²) in [5, 5.41) is 12.8. The molecule has 0 saturated carbocycles. The molecule has 0 atom stereocenters. The molecule has 0 spiro atoms. The van der Waals surface area contributed by atoms with Crippen LogP contribution in [0.25, 0.3) is 0 Å². The van der Waals surface area contributed by atoms with Gasteiger partial charge < -0.3 is 0 Å². The van der Waals surface area contributed by atoms with Crippen LogP contribution in [0.4, 0.5) is 0 Å². The van der Waals surface area contributed by atoms with Gasteiger partial charge in [0.1, 0.15) is 0 Å². The molecule has 0 unspecified atom stereocenters. The molecular formula is C42H67NO6Sn2. The van der Waals surface area contributed by atoms with Crippen molar-refractivity contribution in [2.24, 2.45) is 5.16 Å². The summed E-state index contributed by atoms with van der Waals surface area (Å²) in [5.74, 6) is -2.33. The third-order valence-electron chi connectivity index (χ3n) is 10.5. The summed E-state index contributed by atoms with van der Waals surface area (Å²) in [6.07, 6.45) is 13.8. The molecule has 284 valence electrons. The molecule has 1 N–H and O–H groups in total. The zero-order valence-electron chi connectivity index (χ0n) is 32.7. The Balaban J connectivity index is 2.14. The van der Waals surface area contributed by atoms with Crippen LogP contribution in [0, 0.1) is 0 Å². The van der Waals surface area contributed by atoms with E-state index in [9.17, 15) is 19.6 Å². The number of benzene rings is 2. The number of carbonyl (C=O) groups excluding carboxylic acids is 3. The first-order valence-electron chi connectivity index (χ1n) is 20.1. The fraction of sp³-hybridized carbons (Fsp3) is 0.619. The third kappa shape index (κ3) is 14.8. The van der Waals surface area contributed by atoms with Gasteiger partial charge in [0.15, 0.2) is 0 Å². The van der Waals surface area contributed by atoms with E-state index in [1.807, 2.05) is 24.3 Å². The van der Waals surface area contributed by atoms with Gasteiger partial charge in [0.2, 0.25) is 0 Å². The predicted octanol–water partition coefficient (Wildman–Crippen LogP) is 10.9. The zero-order chi connectivity index (χ0) is 37.5. The van der Waals surface area contributed by atoms with Crippen molar-refractivity contribution < 1.29 is 29.1 Å². The molecule has 7 nitrogen and oxygen atoms in total. The molecule has 0 heterocycles. The Morgan fingerprint density at radius 3 is 1.24 bits per heavy atom. The monoisotopic (exact) mass is 921 g/mol. The molecule has 0 aromatic heterocycles. The predicted molar refractivity (Wildman–Crippen MR) is 216 cm³/mol. The molecule has 0 radical (unpaired) electrons. The summed E-state index contributed by atoms with van der Waals surface area (Å²) in [7, 11) is 0. The van der Waals surface area contributed by atoms with E-state index in [1.165, 1.54) is 72.3 Å². The van der Waals surface area contributed by atoms with Gasteiger partial charge in [0.05, 0.1) is 0 Å². The van der Waals surface area contributed by atoms with E-state index in [-0.39, 0.29) is 18.7 Å². The quantitative estimate of drug-likeness (QED) is 0.0202. The minimum absolute atomic E-state index is 0.175. The van der Waals surface area contributed by atoms with E-state index in [2.05, 4.69) is 58.8 Å². The minimum atomic E-state index is -2.78. The van der Waals surface area contributed by atoms with E-state index in [4.69, 9.17) is 9.47 Å². The van der Waals surface area contributed by atoms with Crippen LogP contribution in [0.3, 0.4) is 0 Å². The Morgan fingerprint density at radius 2 is 0.902 bits per heavy atom. The van der Waals surface area contributed by atoms with Crippen LogP contribution in [-0.2, 0) is 14.3 Å². The fourth-order valence-corrected chi connectivity index (χ4v) is 39.4. The number of oxime groups is 1. The number of hydrogen-bond acceptors (Lipinski definition) is 7. The molecular weight excluding hydrogens is 852 g/mol. The van der Waals surface area contributed by atoms with Crippen LogP contribution in [-0.4, -0.2) is 65.8 Å². The number of carbonyl (C=O) groups is 3. The van der Waals surface area contributed by atoms with Gasteiger partial charge in [-0.1, -0.05) is 0 Å². The van der Waals surface area contributed by atoms with Crippen molar-refractivity contribution in [3.05, 3.63) is 59.7 Å². The maximum atomic E-state index is 13.3. The van der Waals surface area contributed by atoms with E-state index in [0.717, 1.165) is 38.5 Å². The molecule has 0 fully saturated rings. The molecule has 0 aliphatic carbocycles. The van der Waals surface area contributed by atoms with Crippen LogP contribution < -0.4 is 7.16 Å². The number of esters is 3. The molecule has 51 heavy (non-hydrogen) atoms. The number of ether oxygens (including phenoxy) is 2. The number of hydrogen-bond donors (Lipinski definition) is 1. The van der Waals surface area contributed by atoms with E-state index in [0.29, 0.717) is 11.1 Å². The second-order valence-electron chi connectivity index (χ2n) is 14.5. The molecule has 2 aromatic carbocycles. The summed E-state index contributed by atoms with van der Waals surface area (Å²) >= 11 is -5.57. The topological polar surface area (TPSA) is 102 Å². The van der Waals surface area contributed by atoms with Crippen molar-refractivity contribution in [1.29, 1.82) is 0 Å². The van der Waals surface area contributed by atoms with Crippen molar-refractivity contribution in [3.8, 4) is 0 Å². The number of nitrogens with zero attached hydrogens (tertiary/aromatic N) is 1. The first-order valence-corrected chi connectivity index (χ1v) is 35.0. The standard InChI is InChI=1S/C18H13NO6.6C4H9.2Sn/c20-16(25-18(22)14-9-5-2-6-10-14)12-11-15(19-23)24-17(21)13-7-3-1-4-8-13;6*1-3-4-2;;/h1-3,5,7-10,23H,11-12H2;6*1,3-4H2,2H3;;/b19-15-;;;;;;;;. The molecule has 0 aliphatic heterocycles. The van der Waals surface area contributed by atoms with E-state index in [1.54, 1.807) is 12.1 Å². The van der Waals surface area contributed by atoms with Gasteiger partial charge >= 0.3 is 320 Å². The van der Waals surface area contributed by atoms with E-state index >= 15 is 0 Å². The molecule has 0 amide bonds. The second kappa shape index (κ2) is 25.2. The van der Waals surface area contributed by atoms with Gasteiger partial charge in [-0.2, -0.15) is 0 Å². The summed E-state index contributed by atoms with van der Waals surface area (Å²) in [6, 6.07) is 15.8. The van der Waals surface area contributed by atoms with Crippen molar-refractivity contribution >= 4 is 67.7 Å². The van der Waals surface area contributed by atoms with Gasteiger partial charge in [0.25, 0.3) is 0 Å². The van der Waals surface area contributed by atoms with Crippen LogP contribution in [0.1, 0.15) is 152 Å². The average Bonchev–Trinajstić information content (AvgIpc) is 3.16. The Labute approximate surface area is 317 Å². The van der Waals surface area contributed by atoms with Gasteiger partial charge in [-0.15, -0.1) is 0 Å². The number of rotatable bonds is 25. The summed E-state index contributed by atoms with van der Waals surface area (Å²) < 4.78 is 21.1. The van der Waals surface area contributed by atoms with Crippen molar-refractivity contribution in [2.75, 3.05) is 0 Å². The summed E-state index contributed by atoms with van der Waals surface area (Å²) in [6.45, 7) is 13.5.